The molecule has 0 aromatic heterocycles. The Morgan fingerprint density at radius 3 is 1.67 bits per heavy atom. The first-order valence-electron chi connectivity index (χ1n) is 3.63. The van der Waals surface area contributed by atoms with E-state index in [0.29, 0.717) is 0 Å². The number of rotatable bonds is 3. The quantitative estimate of drug-likeness (QED) is 0.469. The molecule has 8 heteroatoms. The first-order valence-corrected chi connectivity index (χ1v) is 4.51. The van der Waals surface area contributed by atoms with Crippen LogP contribution < -0.4 is 0 Å². The van der Waals surface area contributed by atoms with Crippen LogP contribution in [0.2, 0.25) is 0 Å². The van der Waals surface area contributed by atoms with Gasteiger partial charge < -0.3 is 0 Å². The normalized spacial score (nSPS) is 10.3. The van der Waals surface area contributed by atoms with Gasteiger partial charge in [0.05, 0.1) is 15.9 Å². The second kappa shape index (κ2) is 4.41. The van der Waals surface area contributed by atoms with E-state index in [1.54, 1.807) is 0 Å². The van der Waals surface area contributed by atoms with Crippen molar-refractivity contribution in [2.24, 2.45) is 0 Å². The predicted octanol–water partition coefficient (Wildman–Crippen LogP) is 2.98. The molecular weight excluding hydrogens is 247 g/mol. The van der Waals surface area contributed by atoms with Crippen LogP contribution in [0.25, 0.3) is 0 Å². The molecule has 0 bridgehead atoms. The van der Waals surface area contributed by atoms with Gasteiger partial charge in [0.15, 0.2) is 0 Å². The molecule has 0 aliphatic rings. The summed E-state index contributed by atoms with van der Waals surface area (Å²) in [4.78, 5) is 18.4. The lowest BCUT2D eigenvalue weighted by atomic mass is 10.2. The minimum Gasteiger partial charge on any atom is -0.258 e. The summed E-state index contributed by atoms with van der Waals surface area (Å²) in [7, 11) is 0. The molecule has 0 atom stereocenters. The summed E-state index contributed by atoms with van der Waals surface area (Å²) in [5.41, 5.74) is -0.699. The lowest BCUT2D eigenvalue weighted by molar-refractivity contribution is -0.394. The van der Waals surface area contributed by atoms with Gasteiger partial charge in [0.1, 0.15) is 4.84 Å². The zero-order chi connectivity index (χ0) is 11.6. The molecule has 1 aromatic rings. The molecule has 0 aliphatic heterocycles. The highest BCUT2D eigenvalue weighted by Crippen LogP contribution is 2.31. The Bertz CT molecular complexity index is 389. The van der Waals surface area contributed by atoms with Gasteiger partial charge in [0.2, 0.25) is 0 Å². The average Bonchev–Trinajstić information content (AvgIpc) is 2.16. The minimum atomic E-state index is -1.04. The summed E-state index contributed by atoms with van der Waals surface area (Å²) in [6, 6.07) is 3.04. The molecule has 1 aromatic carbocycles. The molecule has 0 fully saturated rings. The highest BCUT2D eigenvalue weighted by atomic mass is 35.5. The number of non-ortho nitro benzene ring substituents is 2. The van der Waals surface area contributed by atoms with Crippen LogP contribution in [-0.4, -0.2) is 9.85 Å². The summed E-state index contributed by atoms with van der Waals surface area (Å²) < 4.78 is 0. The third-order valence-electron chi connectivity index (χ3n) is 1.60. The second-order valence-electron chi connectivity index (χ2n) is 2.60. The molecule has 80 valence electrons. The number of nitro benzene ring substituents is 2. The SMILES string of the molecule is O=[N+]([O-])c1cc(C(Cl)Cl)cc([N+](=O)[O-])c1. The van der Waals surface area contributed by atoms with E-state index < -0.39 is 26.1 Å². The topological polar surface area (TPSA) is 86.3 Å². The minimum absolute atomic E-state index is 0.124. The van der Waals surface area contributed by atoms with Crippen LogP contribution in [0.15, 0.2) is 18.2 Å². The molecule has 0 aliphatic carbocycles. The maximum atomic E-state index is 10.4. The zero-order valence-electron chi connectivity index (χ0n) is 7.09. The van der Waals surface area contributed by atoms with Crippen LogP contribution in [0.1, 0.15) is 10.4 Å². The lowest BCUT2D eigenvalue weighted by Crippen LogP contribution is -1.95. The molecule has 0 N–H and O–H groups in total. The highest BCUT2D eigenvalue weighted by molar-refractivity contribution is 6.44. The summed E-state index contributed by atoms with van der Waals surface area (Å²) >= 11 is 11.0. The van der Waals surface area contributed by atoms with E-state index in [4.69, 9.17) is 23.2 Å². The second-order valence-corrected chi connectivity index (χ2v) is 3.69. The van der Waals surface area contributed by atoms with Crippen LogP contribution in [0.5, 0.6) is 0 Å². The first-order chi connectivity index (χ1) is 6.91. The van der Waals surface area contributed by atoms with Gasteiger partial charge in [0.25, 0.3) is 11.4 Å². The van der Waals surface area contributed by atoms with Crippen molar-refractivity contribution in [2.75, 3.05) is 0 Å². The van der Waals surface area contributed by atoms with E-state index >= 15 is 0 Å². The van der Waals surface area contributed by atoms with Crippen LogP contribution in [-0.2, 0) is 0 Å². The summed E-state index contributed by atoms with van der Waals surface area (Å²) in [6.45, 7) is 0. The van der Waals surface area contributed by atoms with E-state index in [2.05, 4.69) is 0 Å². The Kier molecular flexibility index (Phi) is 3.43. The van der Waals surface area contributed by atoms with Crippen molar-refractivity contribution in [1.29, 1.82) is 0 Å². The third kappa shape index (κ3) is 2.77. The molecule has 6 nitrogen and oxygen atoms in total. The smallest absolute Gasteiger partial charge is 0.258 e. The van der Waals surface area contributed by atoms with Gasteiger partial charge in [0, 0.05) is 12.1 Å². The van der Waals surface area contributed by atoms with Crippen LogP contribution >= 0.6 is 23.2 Å². The van der Waals surface area contributed by atoms with E-state index in [1.807, 2.05) is 0 Å². The fraction of sp³-hybridized carbons (Fsp3) is 0.143. The van der Waals surface area contributed by atoms with E-state index in [-0.39, 0.29) is 5.56 Å². The highest BCUT2D eigenvalue weighted by Gasteiger charge is 2.18. The number of hydrogen-bond acceptors (Lipinski definition) is 4. The van der Waals surface area contributed by atoms with Crippen molar-refractivity contribution in [1.82, 2.24) is 0 Å². The molecule has 0 unspecified atom stereocenters. The van der Waals surface area contributed by atoms with Crippen molar-refractivity contribution in [3.63, 3.8) is 0 Å². The van der Waals surface area contributed by atoms with Gasteiger partial charge in [-0.3, -0.25) is 20.2 Å². The number of alkyl halides is 2. The Hall–Kier alpha value is -1.40. The summed E-state index contributed by atoms with van der Waals surface area (Å²) in [5.74, 6) is 0. The number of halogens is 2. The largest absolute Gasteiger partial charge is 0.276 e. The Morgan fingerprint density at radius 1 is 1.00 bits per heavy atom. The first kappa shape index (κ1) is 11.7. The molecule has 0 saturated carbocycles. The van der Waals surface area contributed by atoms with Gasteiger partial charge >= 0.3 is 0 Å². The zero-order valence-corrected chi connectivity index (χ0v) is 8.60. The van der Waals surface area contributed by atoms with E-state index in [1.165, 1.54) is 0 Å². The molecule has 0 saturated heterocycles. The Labute approximate surface area is 93.7 Å². The molecule has 0 radical (unpaired) electrons. The van der Waals surface area contributed by atoms with Crippen molar-refractivity contribution < 1.29 is 9.85 Å². The standard InChI is InChI=1S/C7H4Cl2N2O4/c8-7(9)4-1-5(10(12)13)3-6(2-4)11(14)15/h1-3,7H. The van der Waals surface area contributed by atoms with Crippen LogP contribution in [0.3, 0.4) is 0 Å². The molecular formula is C7H4Cl2N2O4. The van der Waals surface area contributed by atoms with Gasteiger partial charge in [-0.15, -0.1) is 23.2 Å². The fourth-order valence-corrected chi connectivity index (χ4v) is 1.21. The van der Waals surface area contributed by atoms with Gasteiger partial charge in [-0.1, -0.05) is 0 Å². The third-order valence-corrected chi connectivity index (χ3v) is 2.10. The van der Waals surface area contributed by atoms with Gasteiger partial charge in [-0.2, -0.15) is 0 Å². The summed E-state index contributed by atoms with van der Waals surface area (Å²) in [5, 5.41) is 20.9. The monoisotopic (exact) mass is 250 g/mol. The number of nitro groups is 2. The maximum absolute atomic E-state index is 10.4. The number of nitrogens with zero attached hydrogens (tertiary/aromatic N) is 2. The molecule has 0 spiro atoms. The van der Waals surface area contributed by atoms with E-state index in [9.17, 15) is 20.2 Å². The molecule has 1 rings (SSSR count). The summed E-state index contributed by atoms with van der Waals surface area (Å²) in [6.07, 6.45) is 0. The maximum Gasteiger partial charge on any atom is 0.276 e. The van der Waals surface area contributed by atoms with Crippen molar-refractivity contribution >= 4 is 34.6 Å². The van der Waals surface area contributed by atoms with Gasteiger partial charge in [-0.05, 0) is 5.56 Å². The number of benzene rings is 1. The molecule has 15 heavy (non-hydrogen) atoms. The van der Waals surface area contributed by atoms with Crippen molar-refractivity contribution in [3.8, 4) is 0 Å². The number of hydrogen-bond donors (Lipinski definition) is 0. The van der Waals surface area contributed by atoms with Crippen LogP contribution in [0, 0.1) is 20.2 Å². The van der Waals surface area contributed by atoms with Crippen molar-refractivity contribution in [2.45, 2.75) is 4.84 Å². The Morgan fingerprint density at radius 2 is 1.40 bits per heavy atom. The van der Waals surface area contributed by atoms with E-state index in [0.717, 1.165) is 18.2 Å². The fourth-order valence-electron chi connectivity index (χ4n) is 0.955. The van der Waals surface area contributed by atoms with Crippen molar-refractivity contribution in [3.05, 3.63) is 44.0 Å². The van der Waals surface area contributed by atoms with Crippen LogP contribution in [0.4, 0.5) is 11.4 Å². The average molecular weight is 251 g/mol. The Balaban J connectivity index is 3.32. The lowest BCUT2D eigenvalue weighted by Gasteiger charge is -2.01. The molecule has 0 heterocycles. The predicted molar refractivity (Wildman–Crippen MR) is 54.2 cm³/mol. The van der Waals surface area contributed by atoms with Gasteiger partial charge in [-0.25, -0.2) is 0 Å². The molecule has 0 amide bonds.